The van der Waals surface area contributed by atoms with Crippen molar-refractivity contribution in [3.63, 3.8) is 0 Å². The van der Waals surface area contributed by atoms with Crippen molar-refractivity contribution in [1.29, 1.82) is 0 Å². The highest BCUT2D eigenvalue weighted by atomic mass is 32.2. The molecular weight excluding hydrogens is 1870 g/mol. The molecule has 6 aromatic heterocycles. The number of ketones is 1. The van der Waals surface area contributed by atoms with Gasteiger partial charge in [0.2, 0.25) is 0 Å². The zero-order valence-electron chi connectivity index (χ0n) is 71.3. The molecule has 0 fully saturated rings. The lowest BCUT2D eigenvalue weighted by Crippen LogP contribution is -2.15. The summed E-state index contributed by atoms with van der Waals surface area (Å²) in [7, 11) is -22.9. The van der Waals surface area contributed by atoms with Crippen molar-refractivity contribution in [3.8, 4) is 5.75 Å². The monoisotopic (exact) mass is 1940 g/mol. The molecule has 0 saturated carbocycles. The molecule has 0 aliphatic rings. The lowest BCUT2D eigenvalue weighted by atomic mass is 10.1. The maximum atomic E-state index is 13.7. The number of fused-ring (bicyclic) bond motifs is 7. The number of rotatable bonds is 22. The number of hydrogen-bond acceptors (Lipinski definition) is 20. The predicted octanol–water partition coefficient (Wildman–Crippen LogP) is 20.8. The highest BCUT2D eigenvalue weighted by molar-refractivity contribution is 7.94. The molecule has 6 N–H and O–H groups in total. The average molecular weight is 1950 g/mol. The molecule has 19 rings (SSSR count). The number of aryl methyl sites for hydroxylation is 1. The van der Waals surface area contributed by atoms with Crippen LogP contribution in [0.25, 0.3) is 75.4 Å². The van der Waals surface area contributed by atoms with Crippen molar-refractivity contribution in [3.05, 3.63) is 406 Å². The van der Waals surface area contributed by atoms with Crippen LogP contribution in [-0.4, -0.2) is 92.8 Å². The summed E-state index contributed by atoms with van der Waals surface area (Å²) in [6, 6.07) is 80.0. The minimum Gasteiger partial charge on any atom is -0.435 e. The fraction of sp³-hybridized carbons (Fsp3) is 0.0404. The van der Waals surface area contributed by atoms with E-state index in [1.165, 1.54) is 55.6 Å². The Bertz CT molecular complexity index is 8380. The number of alkyl halides is 2. The Kier molecular flexibility index (Phi) is 30.0. The van der Waals surface area contributed by atoms with Gasteiger partial charge in [-0.25, -0.2) is 63.7 Å². The molecule has 0 aliphatic carbocycles. The number of carbonyl (C=O) groups is 1. The maximum absolute atomic E-state index is 13.7. The Morgan fingerprint density at radius 2 is 0.603 bits per heavy atom. The zero-order valence-corrected chi connectivity index (χ0v) is 76.2. The van der Waals surface area contributed by atoms with Crippen LogP contribution in [0, 0.1) is 24.4 Å². The molecule has 0 amide bonds. The maximum Gasteiger partial charge on any atom is 0.387 e. The van der Waals surface area contributed by atoms with Crippen molar-refractivity contribution in [2.75, 3.05) is 28.3 Å². The van der Waals surface area contributed by atoms with E-state index < -0.39 is 89.1 Å². The van der Waals surface area contributed by atoms with E-state index >= 15 is 0 Å². The first-order valence-corrected chi connectivity index (χ1v) is 49.6. The van der Waals surface area contributed by atoms with Crippen LogP contribution in [0.15, 0.2) is 407 Å². The number of nitrogens with one attached hydrogen (secondary N) is 6. The van der Waals surface area contributed by atoms with E-state index in [0.717, 1.165) is 101 Å². The lowest BCUT2D eigenvalue weighted by molar-refractivity contribution is -0.116. The summed E-state index contributed by atoms with van der Waals surface area (Å²) in [5.41, 5.74) is 4.23. The van der Waals surface area contributed by atoms with E-state index in [2.05, 4.69) is 63.0 Å². The van der Waals surface area contributed by atoms with E-state index in [9.17, 15) is 77.3 Å². The van der Waals surface area contributed by atoms with Gasteiger partial charge in [-0.2, -0.15) is 8.78 Å². The van der Waals surface area contributed by atoms with Gasteiger partial charge in [-0.3, -0.25) is 63.0 Å². The quantitative estimate of drug-likeness (QED) is 0.0343. The summed E-state index contributed by atoms with van der Waals surface area (Å²) < 4.78 is 234. The number of sulfonamides is 6. The minimum absolute atomic E-state index is 0.00922. The SMILES string of the molecule is CC(=O)Cc1ccc(S(=O)(=O)Nc2cccc3cnccc23)cc1.Cc1ccccc1S(=O)(=O)Nc1cccc2cnccc12.O=S(=O)(Nc1cccc2cnccc12)c1ccc(F)cc1.O=S(=O)(Nc1cccc2cnccc12)c1ccc(F)cc1F.O=S(=O)(Nc1cccc2cnccc12)c1ccc2ccccc2c1.O=S(=O)(Nc1cccc2cnccc12)c1cccc(OC(F)F)c1. The van der Waals surface area contributed by atoms with Gasteiger partial charge in [-0.05, 0) is 187 Å². The highest BCUT2D eigenvalue weighted by Gasteiger charge is 2.25. The number of nitrogens with zero attached hydrogens (tertiary/aromatic N) is 6. The average Bonchev–Trinajstić information content (AvgIpc) is 0.782. The fourth-order valence-corrected chi connectivity index (χ4v) is 20.7. The molecular formula is C99H77F5N12O14S6. The molecule has 0 saturated heterocycles. The van der Waals surface area contributed by atoms with Crippen LogP contribution in [-0.2, 0) is 71.4 Å². The van der Waals surface area contributed by atoms with Gasteiger partial charge >= 0.3 is 6.61 Å². The van der Waals surface area contributed by atoms with E-state index in [-0.39, 0.29) is 36.0 Å². The summed E-state index contributed by atoms with van der Waals surface area (Å²) in [6.07, 6.45) is 19.9. The van der Waals surface area contributed by atoms with Gasteiger partial charge in [-0.1, -0.05) is 140 Å². The largest absolute Gasteiger partial charge is 0.435 e. The van der Waals surface area contributed by atoms with Crippen LogP contribution < -0.4 is 33.1 Å². The van der Waals surface area contributed by atoms with Crippen LogP contribution in [0.1, 0.15) is 18.1 Å². The number of Topliss-reactive ketones (excluding diaryl/α,β-unsaturated/α-hetero) is 1. The number of halogens is 5. The van der Waals surface area contributed by atoms with Gasteiger partial charge in [0.15, 0.2) is 0 Å². The van der Waals surface area contributed by atoms with E-state index in [4.69, 9.17) is 0 Å². The van der Waals surface area contributed by atoms with Gasteiger partial charge in [0.25, 0.3) is 60.1 Å². The summed E-state index contributed by atoms with van der Waals surface area (Å²) in [6.45, 7) is 0.255. The first-order chi connectivity index (χ1) is 65.2. The van der Waals surface area contributed by atoms with Gasteiger partial charge in [0.05, 0.1) is 58.6 Å². The summed E-state index contributed by atoms with van der Waals surface area (Å²) in [5, 5.41) is 11.3. The number of aromatic nitrogens is 6. The van der Waals surface area contributed by atoms with Crippen LogP contribution in [0.5, 0.6) is 5.75 Å². The normalized spacial score (nSPS) is 11.5. The van der Waals surface area contributed by atoms with Crippen LogP contribution in [0.4, 0.5) is 56.1 Å². The number of ether oxygens (including phenoxy) is 1. The predicted molar refractivity (Wildman–Crippen MR) is 517 cm³/mol. The molecule has 6 heterocycles. The van der Waals surface area contributed by atoms with Crippen molar-refractivity contribution >= 4 is 175 Å². The lowest BCUT2D eigenvalue weighted by Gasteiger charge is -2.12. The number of anilines is 6. The van der Waals surface area contributed by atoms with Crippen LogP contribution in [0.3, 0.4) is 0 Å². The Labute approximate surface area is 778 Å². The third-order valence-electron chi connectivity index (χ3n) is 20.3. The highest BCUT2D eigenvalue weighted by Crippen LogP contribution is 2.34. The number of hydrogen-bond donors (Lipinski definition) is 6. The van der Waals surface area contributed by atoms with Crippen LogP contribution >= 0.6 is 0 Å². The molecule has 37 heteroatoms. The van der Waals surface area contributed by atoms with E-state index in [0.29, 0.717) is 62.9 Å². The van der Waals surface area contributed by atoms with Crippen molar-refractivity contribution in [1.82, 2.24) is 29.9 Å². The van der Waals surface area contributed by atoms with Gasteiger partial charge in [0.1, 0.15) is 33.9 Å². The molecule has 0 bridgehead atoms. The molecule has 0 spiro atoms. The number of carbonyl (C=O) groups excluding carboxylic acids is 1. The van der Waals surface area contributed by atoms with Crippen LogP contribution in [0.2, 0.25) is 0 Å². The number of benzene rings is 13. The summed E-state index contributed by atoms with van der Waals surface area (Å²) in [4.78, 5) is 35.1. The zero-order chi connectivity index (χ0) is 96.4. The number of pyridine rings is 6. The molecule has 0 aliphatic heterocycles. The second-order valence-electron chi connectivity index (χ2n) is 29.7. The molecule has 13 aromatic carbocycles. The first kappa shape index (κ1) is 96.3. The third-order valence-corrected chi connectivity index (χ3v) is 28.7. The molecule has 136 heavy (non-hydrogen) atoms. The minimum atomic E-state index is -4.16. The van der Waals surface area contributed by atoms with Gasteiger partial charge in [0, 0.05) is 158 Å². The second-order valence-corrected chi connectivity index (χ2v) is 39.8. The Morgan fingerprint density at radius 1 is 0.294 bits per heavy atom. The Morgan fingerprint density at radius 3 is 0.971 bits per heavy atom. The first-order valence-electron chi connectivity index (χ1n) is 40.7. The standard InChI is InChI=1S/C19H14N2O2S.C18H16N2O3S.C16H12F2N2O3S.C16H14N2O2S.C15H10F2N2O2S.C15H11FN2O2S/c22-24(23,17-9-8-14-4-1-2-5-15(14)12-17)21-19-7-3-6-16-13-20-11-10-18(16)19;1-13(21)11-14-5-7-16(8-6-14)24(22,23)20-18-4-2-3-15-12-19-10-9-17(15)18;17-16(18)23-12-4-2-5-13(9-12)24(21,22)20-15-6-1-3-11-10-19-8-7-14(11)15;1-12-5-2-3-8-16(12)21(19,20)18-15-7-4-6-13-11-17-10-9-14(13)15;16-11-4-5-15(13(17)8-11)22(20,21)19-14-3-1-2-10-9-18-7-6-12(10)14;16-12-4-6-13(7-5-12)21(19,20)18-15-3-1-2-11-10-17-9-8-14(11)15/h1-13,21H;2-10,12,20H,11H2,1H3;1-10,16,20H;2-11,18H,1H3;1-9,19H;1-10,18H. The smallest absolute Gasteiger partial charge is 0.387 e. The molecule has 0 radical (unpaired) electrons. The molecule has 688 valence electrons. The van der Waals surface area contributed by atoms with E-state index in [1.54, 1.807) is 233 Å². The van der Waals surface area contributed by atoms with Crippen molar-refractivity contribution in [2.45, 2.75) is 56.3 Å². The second kappa shape index (κ2) is 42.4. The van der Waals surface area contributed by atoms with Crippen molar-refractivity contribution < 1.29 is 82.0 Å². The fourth-order valence-electron chi connectivity index (χ4n) is 13.9. The topological polar surface area (TPSA) is 381 Å². The molecule has 0 atom stereocenters. The van der Waals surface area contributed by atoms with Gasteiger partial charge < -0.3 is 4.74 Å². The Hall–Kier alpha value is -15.8. The summed E-state index contributed by atoms with van der Waals surface area (Å²) in [5.74, 6) is -2.66. The van der Waals surface area contributed by atoms with E-state index in [1.807, 2.05) is 66.7 Å². The molecule has 26 nitrogen and oxygen atoms in total. The molecule has 0 unspecified atom stereocenters. The Balaban J connectivity index is 0.000000131. The summed E-state index contributed by atoms with van der Waals surface area (Å²) >= 11 is 0. The molecule has 19 aromatic rings. The third kappa shape index (κ3) is 24.4. The van der Waals surface area contributed by atoms with Gasteiger partial charge in [-0.15, -0.1) is 0 Å². The van der Waals surface area contributed by atoms with Crippen molar-refractivity contribution in [2.24, 2.45) is 0 Å².